The van der Waals surface area contributed by atoms with E-state index < -0.39 is 0 Å². The molecule has 7 nitrogen and oxygen atoms in total. The van der Waals surface area contributed by atoms with Crippen LogP contribution >= 0.6 is 0 Å². The molecule has 0 amide bonds. The topological polar surface area (TPSA) is 107 Å². The molecule has 214 valence electrons. The number of fused-ring (bicyclic) bond motifs is 6. The highest BCUT2D eigenvalue weighted by Crippen LogP contribution is 2.40. The molecule has 0 aliphatic rings. The predicted molar refractivity (Wildman–Crippen MR) is 180 cm³/mol. The van der Waals surface area contributed by atoms with E-state index in [-0.39, 0.29) is 0 Å². The van der Waals surface area contributed by atoms with Crippen molar-refractivity contribution >= 4 is 43.6 Å². The van der Waals surface area contributed by atoms with Crippen molar-refractivity contribution in [2.75, 3.05) is 0 Å². The summed E-state index contributed by atoms with van der Waals surface area (Å²) in [6, 6.07) is 40.4. The van der Waals surface area contributed by atoms with Crippen LogP contribution in [0.1, 0.15) is 28.1 Å². The molecule has 0 unspecified atom stereocenters. The lowest BCUT2D eigenvalue weighted by molar-refractivity contribution is 1.05. The van der Waals surface area contributed by atoms with Crippen molar-refractivity contribution < 1.29 is 0 Å². The third-order valence-electron chi connectivity index (χ3n) is 8.54. The number of benzene rings is 5. The van der Waals surface area contributed by atoms with Gasteiger partial charge in [0.25, 0.3) is 0 Å². The van der Waals surface area contributed by atoms with E-state index in [1.165, 1.54) is 0 Å². The molecule has 0 N–H and O–H groups in total. The molecular formula is C39H23N7. The Kier molecular flexibility index (Phi) is 5.93. The number of hydrogen-bond donors (Lipinski definition) is 0. The summed E-state index contributed by atoms with van der Waals surface area (Å²) in [5.41, 5.74) is 8.61. The molecule has 8 aromatic rings. The monoisotopic (exact) mass is 589 g/mol. The third-order valence-corrected chi connectivity index (χ3v) is 8.54. The summed E-state index contributed by atoms with van der Waals surface area (Å²) in [6.07, 6.45) is 0. The van der Waals surface area contributed by atoms with Crippen LogP contribution in [0.2, 0.25) is 0 Å². The van der Waals surface area contributed by atoms with Gasteiger partial charge < -0.3 is 9.13 Å². The zero-order chi connectivity index (χ0) is 31.5. The Morgan fingerprint density at radius 2 is 0.957 bits per heavy atom. The van der Waals surface area contributed by atoms with E-state index in [2.05, 4.69) is 39.5 Å². The average Bonchev–Trinajstić information content (AvgIpc) is 3.59. The van der Waals surface area contributed by atoms with Crippen molar-refractivity contribution in [3.8, 4) is 41.0 Å². The number of nitrogens with zero attached hydrogens (tertiary/aromatic N) is 7. The molecule has 0 saturated heterocycles. The summed E-state index contributed by atoms with van der Waals surface area (Å²) in [5, 5.41) is 34.7. The fourth-order valence-corrected chi connectivity index (χ4v) is 6.66. The first-order valence-corrected chi connectivity index (χ1v) is 14.8. The molecular weight excluding hydrogens is 566 g/mol. The Morgan fingerprint density at radius 3 is 1.41 bits per heavy atom. The maximum atomic E-state index is 11.0. The standard InChI is InChI=1S/C39H23N7/c1-23-15-24(2)44-39(43-23)27-18-37(45-33-9-5-3-7-28(33)30-13-11-25(20-40)16-35(30)45)32(22-42)38(19-27)46-34-10-6-4-8-29(34)31-14-12-26(21-41)17-36(31)46/h3-19H,1-2H3. The minimum Gasteiger partial charge on any atom is -0.308 e. The van der Waals surface area contributed by atoms with E-state index in [0.717, 1.165) is 60.6 Å². The largest absolute Gasteiger partial charge is 0.308 e. The second-order valence-corrected chi connectivity index (χ2v) is 11.4. The maximum absolute atomic E-state index is 11.0. The lowest BCUT2D eigenvalue weighted by atomic mass is 10.0. The van der Waals surface area contributed by atoms with E-state index in [9.17, 15) is 15.8 Å². The number of nitriles is 3. The van der Waals surface area contributed by atoms with Crippen LogP contribution in [0, 0.1) is 47.8 Å². The summed E-state index contributed by atoms with van der Waals surface area (Å²) in [4.78, 5) is 9.62. The van der Waals surface area contributed by atoms with Gasteiger partial charge in [-0.2, -0.15) is 15.8 Å². The molecule has 0 radical (unpaired) electrons. The van der Waals surface area contributed by atoms with Gasteiger partial charge in [-0.1, -0.05) is 48.5 Å². The van der Waals surface area contributed by atoms with Crippen LogP contribution in [0.5, 0.6) is 0 Å². The highest BCUT2D eigenvalue weighted by Gasteiger charge is 2.23. The van der Waals surface area contributed by atoms with Crippen molar-refractivity contribution in [3.63, 3.8) is 0 Å². The Morgan fingerprint density at radius 1 is 0.500 bits per heavy atom. The van der Waals surface area contributed by atoms with Crippen molar-refractivity contribution in [3.05, 3.63) is 131 Å². The molecule has 0 spiro atoms. The zero-order valence-corrected chi connectivity index (χ0v) is 24.9. The maximum Gasteiger partial charge on any atom is 0.159 e. The molecule has 7 heteroatoms. The Hall–Kier alpha value is -6.75. The predicted octanol–water partition coefficient (Wildman–Crippen LogP) is 8.57. The van der Waals surface area contributed by atoms with Gasteiger partial charge in [0.05, 0.1) is 56.7 Å². The number of hydrogen-bond acceptors (Lipinski definition) is 5. The first kappa shape index (κ1) is 26.8. The van der Waals surface area contributed by atoms with E-state index in [0.29, 0.717) is 33.9 Å². The smallest absolute Gasteiger partial charge is 0.159 e. The normalized spacial score (nSPS) is 11.2. The second kappa shape index (κ2) is 10.2. The molecule has 46 heavy (non-hydrogen) atoms. The number of aromatic nitrogens is 4. The number of para-hydroxylation sites is 2. The molecule has 0 aliphatic carbocycles. The quantitative estimate of drug-likeness (QED) is 0.205. The third kappa shape index (κ3) is 3.95. The minimum atomic E-state index is 0.433. The van der Waals surface area contributed by atoms with Crippen LogP contribution in [-0.4, -0.2) is 19.1 Å². The van der Waals surface area contributed by atoms with Crippen LogP contribution in [0.25, 0.3) is 66.4 Å². The Labute approximate surface area is 264 Å². The van der Waals surface area contributed by atoms with Crippen molar-refractivity contribution in [2.45, 2.75) is 13.8 Å². The van der Waals surface area contributed by atoms with Gasteiger partial charge in [0.15, 0.2) is 5.82 Å². The van der Waals surface area contributed by atoms with Gasteiger partial charge in [0.1, 0.15) is 11.6 Å². The summed E-state index contributed by atoms with van der Waals surface area (Å²) in [7, 11) is 0. The van der Waals surface area contributed by atoms with Gasteiger partial charge in [0, 0.05) is 38.5 Å². The van der Waals surface area contributed by atoms with E-state index in [1.54, 1.807) is 0 Å². The Bertz CT molecular complexity index is 2530. The van der Waals surface area contributed by atoms with Gasteiger partial charge in [0.2, 0.25) is 0 Å². The minimum absolute atomic E-state index is 0.433. The van der Waals surface area contributed by atoms with E-state index >= 15 is 0 Å². The molecule has 0 bridgehead atoms. The molecule has 0 aliphatic heterocycles. The fourth-order valence-electron chi connectivity index (χ4n) is 6.66. The van der Waals surface area contributed by atoms with Gasteiger partial charge in [-0.05, 0) is 68.4 Å². The number of aryl methyl sites for hydroxylation is 2. The van der Waals surface area contributed by atoms with Crippen molar-refractivity contribution in [2.24, 2.45) is 0 Å². The first-order valence-electron chi connectivity index (χ1n) is 14.8. The van der Waals surface area contributed by atoms with Crippen LogP contribution in [0.15, 0.2) is 103 Å². The van der Waals surface area contributed by atoms with Gasteiger partial charge >= 0.3 is 0 Å². The van der Waals surface area contributed by atoms with Gasteiger partial charge in [-0.25, -0.2) is 9.97 Å². The molecule has 3 heterocycles. The van der Waals surface area contributed by atoms with Crippen molar-refractivity contribution in [1.29, 1.82) is 15.8 Å². The van der Waals surface area contributed by atoms with Crippen molar-refractivity contribution in [1.82, 2.24) is 19.1 Å². The second-order valence-electron chi connectivity index (χ2n) is 11.4. The lowest BCUT2D eigenvalue weighted by Gasteiger charge is -2.18. The van der Waals surface area contributed by atoms with Gasteiger partial charge in [-0.15, -0.1) is 0 Å². The first-order chi connectivity index (χ1) is 22.5. The lowest BCUT2D eigenvalue weighted by Crippen LogP contribution is -2.06. The molecule has 8 rings (SSSR count). The Balaban J connectivity index is 1.59. The molecule has 0 saturated carbocycles. The summed E-state index contributed by atoms with van der Waals surface area (Å²) >= 11 is 0. The van der Waals surface area contributed by atoms with E-state index in [4.69, 9.17) is 9.97 Å². The number of rotatable bonds is 3. The highest BCUT2D eigenvalue weighted by molar-refractivity contribution is 6.11. The fraction of sp³-hybridized carbons (Fsp3) is 0.0513. The molecule has 3 aromatic heterocycles. The highest BCUT2D eigenvalue weighted by atomic mass is 15.0. The average molecular weight is 590 g/mol. The summed E-state index contributed by atoms with van der Waals surface area (Å²) in [6.45, 7) is 3.88. The molecule has 0 fully saturated rings. The van der Waals surface area contributed by atoms with Crippen LogP contribution in [-0.2, 0) is 0 Å². The zero-order valence-electron chi connectivity index (χ0n) is 24.9. The molecule has 0 atom stereocenters. The summed E-state index contributed by atoms with van der Waals surface area (Å²) in [5.74, 6) is 0.543. The molecule has 5 aromatic carbocycles. The van der Waals surface area contributed by atoms with Crippen LogP contribution in [0.3, 0.4) is 0 Å². The summed E-state index contributed by atoms with van der Waals surface area (Å²) < 4.78 is 4.13. The van der Waals surface area contributed by atoms with E-state index in [1.807, 2.05) is 105 Å². The van der Waals surface area contributed by atoms with Gasteiger partial charge in [-0.3, -0.25) is 0 Å². The SMILES string of the molecule is Cc1cc(C)nc(-c2cc(-n3c4ccccc4c4ccc(C#N)cc43)c(C#N)c(-n3c4ccccc4c4ccc(C#N)cc43)c2)n1. The van der Waals surface area contributed by atoms with Crippen LogP contribution in [0.4, 0.5) is 0 Å². The van der Waals surface area contributed by atoms with Crippen LogP contribution < -0.4 is 0 Å².